The summed E-state index contributed by atoms with van der Waals surface area (Å²) < 4.78 is 52.2. The molecule has 0 bridgehead atoms. The zero-order valence-corrected chi connectivity index (χ0v) is 8.98. The predicted octanol–water partition coefficient (Wildman–Crippen LogP) is 3.57. The first-order chi connectivity index (χ1) is 8.50. The van der Waals surface area contributed by atoms with Crippen molar-refractivity contribution in [3.63, 3.8) is 0 Å². The summed E-state index contributed by atoms with van der Waals surface area (Å²) in [6.45, 7) is 0. The van der Waals surface area contributed by atoms with Gasteiger partial charge in [-0.05, 0) is 24.3 Å². The van der Waals surface area contributed by atoms with E-state index in [0.29, 0.717) is 0 Å². The summed E-state index contributed by atoms with van der Waals surface area (Å²) in [5.41, 5.74) is 4.93. The fourth-order valence-corrected chi connectivity index (χ4v) is 1.41. The fraction of sp³-hybridized carbons (Fsp3) is 0. The Morgan fingerprint density at radius 1 is 0.778 bits per heavy atom. The molecule has 0 unspecified atom stereocenters. The highest BCUT2D eigenvalue weighted by Gasteiger charge is 2.14. The molecular formula is C12H8F4N2. The average molecular weight is 256 g/mol. The minimum atomic E-state index is -1.60. The molecule has 0 aliphatic heterocycles. The summed E-state index contributed by atoms with van der Waals surface area (Å²) in [7, 11) is 0. The SMILES string of the molecule is Nc1c(F)cccc1Nc1ccc(F)c(F)c1F. The Hall–Kier alpha value is -2.24. The Kier molecular flexibility index (Phi) is 3.10. The maximum Gasteiger partial charge on any atom is 0.196 e. The Labute approximate surface area is 100 Å². The van der Waals surface area contributed by atoms with E-state index in [-0.39, 0.29) is 17.1 Å². The molecule has 0 aliphatic carbocycles. The van der Waals surface area contributed by atoms with Gasteiger partial charge in [0.1, 0.15) is 5.82 Å². The van der Waals surface area contributed by atoms with Crippen molar-refractivity contribution in [2.24, 2.45) is 0 Å². The van der Waals surface area contributed by atoms with Gasteiger partial charge in [0, 0.05) is 0 Å². The zero-order valence-electron chi connectivity index (χ0n) is 8.98. The lowest BCUT2D eigenvalue weighted by molar-refractivity contribution is 0.449. The predicted molar refractivity (Wildman–Crippen MR) is 60.4 cm³/mol. The molecule has 0 saturated carbocycles. The Bertz CT molecular complexity index is 599. The summed E-state index contributed by atoms with van der Waals surface area (Å²) in [6, 6.07) is 5.63. The molecule has 0 aliphatic rings. The molecule has 2 nitrogen and oxygen atoms in total. The second kappa shape index (κ2) is 4.56. The largest absolute Gasteiger partial charge is 0.395 e. The highest BCUT2D eigenvalue weighted by atomic mass is 19.2. The van der Waals surface area contributed by atoms with E-state index in [0.717, 1.165) is 18.2 Å². The molecule has 3 N–H and O–H groups in total. The summed E-state index contributed by atoms with van der Waals surface area (Å²) in [4.78, 5) is 0. The number of rotatable bonds is 2. The van der Waals surface area contributed by atoms with E-state index >= 15 is 0 Å². The van der Waals surface area contributed by atoms with E-state index in [4.69, 9.17) is 5.73 Å². The number of hydrogen-bond donors (Lipinski definition) is 2. The third-order valence-electron chi connectivity index (χ3n) is 2.36. The van der Waals surface area contributed by atoms with Gasteiger partial charge >= 0.3 is 0 Å². The van der Waals surface area contributed by atoms with Crippen molar-refractivity contribution in [1.82, 2.24) is 0 Å². The van der Waals surface area contributed by atoms with Gasteiger partial charge in [0.05, 0.1) is 17.1 Å². The maximum absolute atomic E-state index is 13.4. The quantitative estimate of drug-likeness (QED) is 0.489. The topological polar surface area (TPSA) is 38.0 Å². The first-order valence-electron chi connectivity index (χ1n) is 4.95. The first kappa shape index (κ1) is 12.2. The van der Waals surface area contributed by atoms with Crippen LogP contribution in [0.3, 0.4) is 0 Å². The summed E-state index contributed by atoms with van der Waals surface area (Å²) in [6.07, 6.45) is 0. The van der Waals surface area contributed by atoms with E-state index in [1.165, 1.54) is 12.1 Å². The lowest BCUT2D eigenvalue weighted by Crippen LogP contribution is -2.02. The number of benzene rings is 2. The van der Waals surface area contributed by atoms with Gasteiger partial charge in [-0.2, -0.15) is 0 Å². The second-order valence-electron chi connectivity index (χ2n) is 3.55. The van der Waals surface area contributed by atoms with E-state index < -0.39 is 23.3 Å². The molecule has 0 atom stereocenters. The number of para-hydroxylation sites is 1. The minimum absolute atomic E-state index is 0.0694. The van der Waals surface area contributed by atoms with Gasteiger partial charge < -0.3 is 11.1 Å². The smallest absolute Gasteiger partial charge is 0.196 e. The van der Waals surface area contributed by atoms with Crippen LogP contribution in [0.4, 0.5) is 34.6 Å². The lowest BCUT2D eigenvalue weighted by Gasteiger charge is -2.11. The van der Waals surface area contributed by atoms with Crippen molar-refractivity contribution in [1.29, 1.82) is 0 Å². The molecule has 0 amide bonds. The van der Waals surface area contributed by atoms with Crippen LogP contribution in [-0.2, 0) is 0 Å². The molecule has 0 saturated heterocycles. The summed E-state index contributed by atoms with van der Waals surface area (Å²) in [5, 5.41) is 2.40. The van der Waals surface area contributed by atoms with E-state index in [9.17, 15) is 17.6 Å². The van der Waals surface area contributed by atoms with Crippen molar-refractivity contribution < 1.29 is 17.6 Å². The fourth-order valence-electron chi connectivity index (χ4n) is 1.41. The third-order valence-corrected chi connectivity index (χ3v) is 2.36. The maximum atomic E-state index is 13.4. The Morgan fingerprint density at radius 3 is 2.22 bits per heavy atom. The van der Waals surface area contributed by atoms with E-state index in [1.54, 1.807) is 0 Å². The van der Waals surface area contributed by atoms with E-state index in [1.807, 2.05) is 0 Å². The molecular weight excluding hydrogens is 248 g/mol. The van der Waals surface area contributed by atoms with Gasteiger partial charge in [-0.15, -0.1) is 0 Å². The third kappa shape index (κ3) is 2.09. The minimum Gasteiger partial charge on any atom is -0.395 e. The molecule has 2 aromatic carbocycles. The molecule has 0 aromatic heterocycles. The van der Waals surface area contributed by atoms with Crippen LogP contribution in [0.15, 0.2) is 30.3 Å². The van der Waals surface area contributed by atoms with Crippen LogP contribution in [-0.4, -0.2) is 0 Å². The van der Waals surface area contributed by atoms with Gasteiger partial charge in [0.2, 0.25) is 0 Å². The molecule has 2 aromatic rings. The highest BCUT2D eigenvalue weighted by molar-refractivity contribution is 5.73. The number of nitrogen functional groups attached to an aromatic ring is 1. The number of nitrogens with two attached hydrogens (primary N) is 1. The highest BCUT2D eigenvalue weighted by Crippen LogP contribution is 2.28. The van der Waals surface area contributed by atoms with Gasteiger partial charge in [-0.1, -0.05) is 6.07 Å². The van der Waals surface area contributed by atoms with Crippen LogP contribution in [0, 0.1) is 23.3 Å². The number of anilines is 3. The molecule has 94 valence electrons. The monoisotopic (exact) mass is 256 g/mol. The lowest BCUT2D eigenvalue weighted by atomic mass is 10.2. The van der Waals surface area contributed by atoms with Crippen LogP contribution in [0.2, 0.25) is 0 Å². The molecule has 2 rings (SSSR count). The first-order valence-corrected chi connectivity index (χ1v) is 4.95. The van der Waals surface area contributed by atoms with Crippen LogP contribution in [0.5, 0.6) is 0 Å². The van der Waals surface area contributed by atoms with Gasteiger partial charge in [0.15, 0.2) is 17.5 Å². The van der Waals surface area contributed by atoms with Crippen molar-refractivity contribution in [3.05, 3.63) is 53.6 Å². The van der Waals surface area contributed by atoms with Crippen LogP contribution >= 0.6 is 0 Å². The normalized spacial score (nSPS) is 10.4. The van der Waals surface area contributed by atoms with Crippen LogP contribution < -0.4 is 11.1 Å². The average Bonchev–Trinajstić information content (AvgIpc) is 2.35. The Balaban J connectivity index is 2.41. The van der Waals surface area contributed by atoms with Crippen LogP contribution in [0.1, 0.15) is 0 Å². The van der Waals surface area contributed by atoms with Crippen molar-refractivity contribution in [2.75, 3.05) is 11.1 Å². The zero-order chi connectivity index (χ0) is 13.3. The van der Waals surface area contributed by atoms with Gasteiger partial charge in [0.25, 0.3) is 0 Å². The van der Waals surface area contributed by atoms with Gasteiger partial charge in [-0.3, -0.25) is 0 Å². The molecule has 18 heavy (non-hydrogen) atoms. The van der Waals surface area contributed by atoms with Crippen molar-refractivity contribution >= 4 is 17.1 Å². The van der Waals surface area contributed by atoms with E-state index in [2.05, 4.69) is 5.32 Å². The second-order valence-corrected chi connectivity index (χ2v) is 3.55. The van der Waals surface area contributed by atoms with Gasteiger partial charge in [-0.25, -0.2) is 17.6 Å². The molecule has 0 spiro atoms. The van der Waals surface area contributed by atoms with Crippen LogP contribution in [0.25, 0.3) is 0 Å². The summed E-state index contributed by atoms with van der Waals surface area (Å²) in [5.74, 6) is -4.98. The van der Waals surface area contributed by atoms with Crippen molar-refractivity contribution in [3.8, 4) is 0 Å². The number of hydrogen-bond acceptors (Lipinski definition) is 2. The van der Waals surface area contributed by atoms with Crippen molar-refractivity contribution in [2.45, 2.75) is 0 Å². The Morgan fingerprint density at radius 2 is 1.50 bits per heavy atom. The molecule has 0 heterocycles. The summed E-state index contributed by atoms with van der Waals surface area (Å²) >= 11 is 0. The molecule has 0 radical (unpaired) electrons. The number of nitrogens with one attached hydrogen (secondary N) is 1. The molecule has 0 fully saturated rings. The standard InChI is InChI=1S/C12H8F4N2/c13-6-4-5-8(11(16)10(6)15)18-9-3-1-2-7(14)12(9)17/h1-5,18H,17H2. The molecule has 6 heteroatoms. The number of halogens is 4.